The summed E-state index contributed by atoms with van der Waals surface area (Å²) >= 11 is 0. The van der Waals surface area contributed by atoms with E-state index in [1.54, 1.807) is 12.1 Å². The molecule has 1 saturated carbocycles. The van der Waals surface area contributed by atoms with Gasteiger partial charge >= 0.3 is 6.36 Å². The monoisotopic (exact) mass is 369 g/mol. The second-order valence-corrected chi connectivity index (χ2v) is 6.42. The maximum absolute atomic E-state index is 14.4. The van der Waals surface area contributed by atoms with Crippen LogP contribution in [0.25, 0.3) is 11.1 Å². The third kappa shape index (κ3) is 4.88. The van der Waals surface area contributed by atoms with Gasteiger partial charge in [0.1, 0.15) is 11.6 Å². The maximum atomic E-state index is 14.4. The van der Waals surface area contributed by atoms with Crippen LogP contribution in [-0.2, 0) is 0 Å². The van der Waals surface area contributed by atoms with E-state index in [9.17, 15) is 22.7 Å². The summed E-state index contributed by atoms with van der Waals surface area (Å²) < 4.78 is 54.8. The average molecular weight is 369 g/mol. The van der Waals surface area contributed by atoms with Crippen molar-refractivity contribution >= 4 is 5.69 Å². The number of benzene rings is 2. The maximum Gasteiger partial charge on any atom is 0.573 e. The molecule has 0 spiro atoms. The Balaban J connectivity index is 1.69. The molecule has 2 aromatic rings. The highest BCUT2D eigenvalue weighted by Gasteiger charge is 2.31. The molecule has 0 radical (unpaired) electrons. The van der Waals surface area contributed by atoms with Crippen molar-refractivity contribution in [3.8, 4) is 16.9 Å². The molecule has 0 aliphatic heterocycles. The van der Waals surface area contributed by atoms with E-state index < -0.39 is 12.2 Å². The summed E-state index contributed by atoms with van der Waals surface area (Å²) in [4.78, 5) is 0. The second kappa shape index (κ2) is 7.53. The summed E-state index contributed by atoms with van der Waals surface area (Å²) in [6, 6.07) is 9.98. The Morgan fingerprint density at radius 1 is 0.962 bits per heavy atom. The normalized spacial score (nSPS) is 20.7. The Labute approximate surface area is 148 Å². The van der Waals surface area contributed by atoms with Crippen LogP contribution in [-0.4, -0.2) is 23.6 Å². The van der Waals surface area contributed by atoms with E-state index in [1.807, 2.05) is 0 Å². The SMILES string of the molecule is OC1CCC(Nc2ccc(-c3ccc(OC(F)(F)F)cc3)c(F)c2)CC1. The van der Waals surface area contributed by atoms with Crippen molar-refractivity contribution in [2.75, 3.05) is 5.32 Å². The lowest BCUT2D eigenvalue weighted by atomic mass is 9.93. The van der Waals surface area contributed by atoms with Gasteiger partial charge in [0.2, 0.25) is 0 Å². The lowest BCUT2D eigenvalue weighted by Crippen LogP contribution is -2.28. The molecule has 0 saturated heterocycles. The van der Waals surface area contributed by atoms with E-state index in [4.69, 9.17) is 0 Å². The number of aliphatic hydroxyl groups is 1. The first-order chi connectivity index (χ1) is 12.3. The molecule has 0 bridgehead atoms. The van der Waals surface area contributed by atoms with Crippen LogP contribution in [0.1, 0.15) is 25.7 Å². The van der Waals surface area contributed by atoms with Gasteiger partial charge in [-0.15, -0.1) is 13.2 Å². The number of hydrogen-bond acceptors (Lipinski definition) is 3. The molecule has 0 unspecified atom stereocenters. The van der Waals surface area contributed by atoms with E-state index in [0.717, 1.165) is 37.8 Å². The predicted molar refractivity (Wildman–Crippen MR) is 90.4 cm³/mol. The van der Waals surface area contributed by atoms with Gasteiger partial charge in [0.15, 0.2) is 0 Å². The number of aliphatic hydroxyl groups excluding tert-OH is 1. The van der Waals surface area contributed by atoms with Crippen molar-refractivity contribution in [2.24, 2.45) is 0 Å². The van der Waals surface area contributed by atoms with Crippen molar-refractivity contribution in [1.82, 2.24) is 0 Å². The molecule has 0 heterocycles. The summed E-state index contributed by atoms with van der Waals surface area (Å²) in [6.45, 7) is 0. The molecule has 0 amide bonds. The number of ether oxygens (including phenoxy) is 1. The van der Waals surface area contributed by atoms with Crippen LogP contribution >= 0.6 is 0 Å². The Morgan fingerprint density at radius 3 is 2.19 bits per heavy atom. The van der Waals surface area contributed by atoms with Crippen LogP contribution in [0.5, 0.6) is 5.75 Å². The minimum absolute atomic E-state index is 0.197. The highest BCUT2D eigenvalue weighted by molar-refractivity contribution is 5.67. The Morgan fingerprint density at radius 2 is 1.62 bits per heavy atom. The first-order valence-corrected chi connectivity index (χ1v) is 8.40. The molecule has 7 heteroatoms. The largest absolute Gasteiger partial charge is 0.573 e. The number of anilines is 1. The summed E-state index contributed by atoms with van der Waals surface area (Å²) in [5.41, 5.74) is 1.40. The molecular formula is C19H19F4NO2. The third-order valence-corrected chi connectivity index (χ3v) is 4.44. The number of hydrogen-bond donors (Lipinski definition) is 2. The quantitative estimate of drug-likeness (QED) is 0.736. The van der Waals surface area contributed by atoms with Gasteiger partial charge < -0.3 is 15.2 Å². The lowest BCUT2D eigenvalue weighted by Gasteiger charge is -2.27. The van der Waals surface area contributed by atoms with Crippen LogP contribution in [0.15, 0.2) is 42.5 Å². The summed E-state index contributed by atoms with van der Waals surface area (Å²) in [5, 5.41) is 12.8. The number of halogens is 4. The van der Waals surface area contributed by atoms with Crippen LogP contribution in [0.4, 0.5) is 23.2 Å². The van der Waals surface area contributed by atoms with Gasteiger partial charge in [-0.3, -0.25) is 0 Å². The fourth-order valence-corrected chi connectivity index (χ4v) is 3.13. The Hall–Kier alpha value is -2.28. The lowest BCUT2D eigenvalue weighted by molar-refractivity contribution is -0.274. The van der Waals surface area contributed by atoms with Crippen LogP contribution in [0, 0.1) is 5.82 Å². The van der Waals surface area contributed by atoms with Gasteiger partial charge in [-0.05, 0) is 61.6 Å². The fraction of sp³-hybridized carbons (Fsp3) is 0.368. The van der Waals surface area contributed by atoms with Crippen LogP contribution in [0.2, 0.25) is 0 Å². The molecule has 2 N–H and O–H groups in total. The predicted octanol–water partition coefficient (Wildman–Crippen LogP) is 5.11. The fourth-order valence-electron chi connectivity index (χ4n) is 3.13. The first-order valence-electron chi connectivity index (χ1n) is 8.40. The molecule has 0 atom stereocenters. The minimum atomic E-state index is -4.75. The molecule has 1 aliphatic carbocycles. The minimum Gasteiger partial charge on any atom is -0.406 e. The van der Waals surface area contributed by atoms with Gasteiger partial charge in [-0.2, -0.15) is 0 Å². The molecule has 1 aliphatic rings. The molecule has 26 heavy (non-hydrogen) atoms. The van der Waals surface area contributed by atoms with E-state index in [2.05, 4.69) is 10.1 Å². The summed E-state index contributed by atoms with van der Waals surface area (Å²) in [6.07, 6.45) is -1.91. The van der Waals surface area contributed by atoms with Gasteiger partial charge in [-0.1, -0.05) is 12.1 Å². The molecule has 3 rings (SSSR count). The van der Waals surface area contributed by atoms with Gasteiger partial charge in [0, 0.05) is 17.3 Å². The molecular weight excluding hydrogens is 350 g/mol. The number of alkyl halides is 3. The zero-order valence-electron chi connectivity index (χ0n) is 13.9. The highest BCUT2D eigenvalue weighted by Crippen LogP contribution is 2.30. The molecule has 2 aromatic carbocycles. The molecule has 3 nitrogen and oxygen atoms in total. The number of rotatable bonds is 4. The molecule has 1 fully saturated rings. The first kappa shape index (κ1) is 18.5. The zero-order valence-corrected chi connectivity index (χ0v) is 13.9. The van der Waals surface area contributed by atoms with E-state index in [1.165, 1.54) is 18.2 Å². The van der Waals surface area contributed by atoms with Gasteiger partial charge in [0.05, 0.1) is 6.10 Å². The van der Waals surface area contributed by atoms with Gasteiger partial charge in [-0.25, -0.2) is 4.39 Å². The Kier molecular flexibility index (Phi) is 5.36. The number of nitrogens with one attached hydrogen (secondary N) is 1. The van der Waals surface area contributed by atoms with Crippen molar-refractivity contribution in [2.45, 2.75) is 44.2 Å². The second-order valence-electron chi connectivity index (χ2n) is 6.42. The molecule has 140 valence electrons. The van der Waals surface area contributed by atoms with E-state index in [0.29, 0.717) is 16.8 Å². The Bertz CT molecular complexity index is 738. The van der Waals surface area contributed by atoms with Crippen molar-refractivity contribution < 1.29 is 27.4 Å². The van der Waals surface area contributed by atoms with Crippen LogP contribution < -0.4 is 10.1 Å². The zero-order chi connectivity index (χ0) is 18.7. The van der Waals surface area contributed by atoms with E-state index >= 15 is 0 Å². The van der Waals surface area contributed by atoms with Crippen molar-refractivity contribution in [3.63, 3.8) is 0 Å². The summed E-state index contributed by atoms with van der Waals surface area (Å²) in [5.74, 6) is -0.810. The third-order valence-electron chi connectivity index (χ3n) is 4.44. The average Bonchev–Trinajstić information content (AvgIpc) is 2.57. The summed E-state index contributed by atoms with van der Waals surface area (Å²) in [7, 11) is 0. The standard InChI is InChI=1S/C19H19F4NO2/c20-18-11-14(24-13-3-6-15(25)7-4-13)5-10-17(18)12-1-8-16(9-2-12)26-19(21,22)23/h1-2,5,8-11,13,15,24-25H,3-4,6-7H2. The smallest absolute Gasteiger partial charge is 0.406 e. The van der Waals surface area contributed by atoms with Crippen molar-refractivity contribution in [1.29, 1.82) is 0 Å². The molecule has 0 aromatic heterocycles. The van der Waals surface area contributed by atoms with E-state index in [-0.39, 0.29) is 17.9 Å². The topological polar surface area (TPSA) is 41.5 Å². The van der Waals surface area contributed by atoms with Gasteiger partial charge in [0.25, 0.3) is 0 Å². The highest BCUT2D eigenvalue weighted by atomic mass is 19.4. The van der Waals surface area contributed by atoms with Crippen LogP contribution in [0.3, 0.4) is 0 Å². The van der Waals surface area contributed by atoms with Crippen molar-refractivity contribution in [3.05, 3.63) is 48.3 Å².